The molecule has 0 aromatic heterocycles. The molecular formula is C16H21F3O2. The Morgan fingerprint density at radius 3 is 2.71 bits per heavy atom. The van der Waals surface area contributed by atoms with Gasteiger partial charge in [0.1, 0.15) is 5.75 Å². The first-order valence-corrected chi connectivity index (χ1v) is 7.41. The molecule has 2 rings (SSSR count). The molecule has 0 heterocycles. The normalized spacial score (nSPS) is 27.2. The molecule has 2 unspecified atom stereocenters. The van der Waals surface area contributed by atoms with E-state index in [0.717, 1.165) is 25.7 Å². The Balaban J connectivity index is 2.18. The third-order valence-electron chi connectivity index (χ3n) is 4.35. The van der Waals surface area contributed by atoms with Crippen LogP contribution in [0.15, 0.2) is 24.3 Å². The van der Waals surface area contributed by atoms with Crippen LogP contribution in [0, 0.1) is 5.92 Å². The predicted molar refractivity (Wildman–Crippen MR) is 73.9 cm³/mol. The number of benzene rings is 1. The van der Waals surface area contributed by atoms with E-state index in [1.807, 2.05) is 0 Å². The topological polar surface area (TPSA) is 29.5 Å². The van der Waals surface area contributed by atoms with E-state index >= 15 is 0 Å². The molecule has 1 aliphatic rings. The van der Waals surface area contributed by atoms with Crippen molar-refractivity contribution in [2.75, 3.05) is 0 Å². The number of halogens is 3. The van der Waals surface area contributed by atoms with Crippen molar-refractivity contribution in [1.29, 1.82) is 0 Å². The molecule has 118 valence electrons. The maximum absolute atomic E-state index is 12.3. The molecule has 0 saturated heterocycles. The average Bonchev–Trinajstić information content (AvgIpc) is 2.60. The first-order chi connectivity index (χ1) is 9.82. The first-order valence-electron chi connectivity index (χ1n) is 7.41. The van der Waals surface area contributed by atoms with Gasteiger partial charge in [-0.1, -0.05) is 31.9 Å². The minimum absolute atomic E-state index is 0.273. The molecule has 1 N–H and O–H groups in total. The van der Waals surface area contributed by atoms with Gasteiger partial charge < -0.3 is 9.84 Å². The molecule has 5 heteroatoms. The van der Waals surface area contributed by atoms with Crippen molar-refractivity contribution >= 4 is 0 Å². The van der Waals surface area contributed by atoms with Crippen molar-refractivity contribution in [3.05, 3.63) is 29.8 Å². The molecule has 0 aliphatic heterocycles. The second kappa shape index (κ2) is 6.26. The van der Waals surface area contributed by atoms with E-state index in [0.29, 0.717) is 24.3 Å². The number of alkyl halides is 3. The minimum Gasteiger partial charge on any atom is -0.406 e. The van der Waals surface area contributed by atoms with Crippen molar-refractivity contribution in [3.8, 4) is 5.75 Å². The highest BCUT2D eigenvalue weighted by atomic mass is 19.4. The number of rotatable bonds is 3. The summed E-state index contributed by atoms with van der Waals surface area (Å²) in [6.45, 7) is 2.13. The minimum atomic E-state index is -4.71. The summed E-state index contributed by atoms with van der Waals surface area (Å²) in [7, 11) is 0. The highest BCUT2D eigenvalue weighted by Crippen LogP contribution is 2.39. The summed E-state index contributed by atoms with van der Waals surface area (Å²) >= 11 is 0. The monoisotopic (exact) mass is 302 g/mol. The Labute approximate surface area is 122 Å². The van der Waals surface area contributed by atoms with E-state index in [1.54, 1.807) is 6.07 Å². The van der Waals surface area contributed by atoms with Gasteiger partial charge in [0.05, 0.1) is 5.60 Å². The average molecular weight is 302 g/mol. The van der Waals surface area contributed by atoms with Crippen LogP contribution in [-0.2, 0) is 5.60 Å². The number of hydrogen-bond donors (Lipinski definition) is 1. The summed E-state index contributed by atoms with van der Waals surface area (Å²) in [5.41, 5.74) is -0.532. The Morgan fingerprint density at radius 2 is 2.05 bits per heavy atom. The number of hydrogen-bond acceptors (Lipinski definition) is 2. The quantitative estimate of drug-likeness (QED) is 0.815. The van der Waals surface area contributed by atoms with Crippen LogP contribution < -0.4 is 4.74 Å². The molecule has 1 aromatic rings. The molecule has 0 radical (unpaired) electrons. The Hall–Kier alpha value is -1.23. The first kappa shape index (κ1) is 16.1. The third-order valence-corrected chi connectivity index (χ3v) is 4.35. The molecule has 1 saturated carbocycles. The summed E-state index contributed by atoms with van der Waals surface area (Å²) < 4.78 is 40.8. The zero-order chi connectivity index (χ0) is 15.5. The van der Waals surface area contributed by atoms with Crippen molar-refractivity contribution < 1.29 is 23.0 Å². The van der Waals surface area contributed by atoms with Gasteiger partial charge in [-0.05, 0) is 49.3 Å². The van der Waals surface area contributed by atoms with E-state index in [2.05, 4.69) is 11.7 Å². The Morgan fingerprint density at radius 1 is 1.29 bits per heavy atom. The molecule has 1 aromatic carbocycles. The predicted octanol–water partition coefficient (Wildman–Crippen LogP) is 4.76. The highest BCUT2D eigenvalue weighted by molar-refractivity contribution is 5.32. The van der Waals surface area contributed by atoms with E-state index in [4.69, 9.17) is 0 Å². The van der Waals surface area contributed by atoms with Crippen molar-refractivity contribution in [3.63, 3.8) is 0 Å². The van der Waals surface area contributed by atoms with E-state index in [9.17, 15) is 18.3 Å². The lowest BCUT2D eigenvalue weighted by atomic mass is 9.86. The van der Waals surface area contributed by atoms with Gasteiger partial charge in [-0.15, -0.1) is 13.2 Å². The molecule has 2 atom stereocenters. The molecule has 2 nitrogen and oxygen atoms in total. The van der Waals surface area contributed by atoms with Crippen LogP contribution in [0.4, 0.5) is 13.2 Å². The van der Waals surface area contributed by atoms with Crippen LogP contribution in [0.25, 0.3) is 0 Å². The van der Waals surface area contributed by atoms with Gasteiger partial charge in [0.25, 0.3) is 0 Å². The molecular weight excluding hydrogens is 281 g/mol. The van der Waals surface area contributed by atoms with E-state index in [1.165, 1.54) is 18.2 Å². The Bertz CT molecular complexity index is 473. The number of ether oxygens (including phenoxy) is 1. The van der Waals surface area contributed by atoms with Crippen LogP contribution in [0.2, 0.25) is 0 Å². The molecule has 0 bridgehead atoms. The van der Waals surface area contributed by atoms with Gasteiger partial charge in [0.15, 0.2) is 0 Å². The van der Waals surface area contributed by atoms with Gasteiger partial charge in [0, 0.05) is 0 Å². The second-order valence-corrected chi connectivity index (χ2v) is 5.81. The lowest BCUT2D eigenvalue weighted by Gasteiger charge is -2.28. The summed E-state index contributed by atoms with van der Waals surface area (Å²) in [5, 5.41) is 10.8. The summed E-state index contributed by atoms with van der Waals surface area (Å²) in [4.78, 5) is 0. The molecule has 0 amide bonds. The van der Waals surface area contributed by atoms with Crippen LogP contribution >= 0.6 is 0 Å². The maximum atomic E-state index is 12.3. The fourth-order valence-corrected chi connectivity index (χ4v) is 3.08. The zero-order valence-corrected chi connectivity index (χ0v) is 12.1. The van der Waals surface area contributed by atoms with Gasteiger partial charge in [0.2, 0.25) is 0 Å². The largest absolute Gasteiger partial charge is 0.573 e. The Kier molecular flexibility index (Phi) is 4.81. The lowest BCUT2D eigenvalue weighted by Crippen LogP contribution is -2.25. The molecule has 1 aliphatic carbocycles. The van der Waals surface area contributed by atoms with Crippen LogP contribution in [0.1, 0.15) is 51.0 Å². The molecule has 0 spiro atoms. The maximum Gasteiger partial charge on any atom is 0.573 e. The third kappa shape index (κ3) is 4.37. The fraction of sp³-hybridized carbons (Fsp3) is 0.625. The van der Waals surface area contributed by atoms with Crippen LogP contribution in [0.3, 0.4) is 0 Å². The SMILES string of the molecule is CCC1CCCC(O)(c2cccc(OC(F)(F)F)c2)CC1. The van der Waals surface area contributed by atoms with Gasteiger partial charge >= 0.3 is 6.36 Å². The van der Waals surface area contributed by atoms with Gasteiger partial charge in [-0.2, -0.15) is 0 Å². The van der Waals surface area contributed by atoms with Crippen molar-refractivity contribution in [2.45, 2.75) is 57.4 Å². The van der Waals surface area contributed by atoms with Crippen LogP contribution in [-0.4, -0.2) is 11.5 Å². The summed E-state index contributed by atoms with van der Waals surface area (Å²) in [6.07, 6.45) is 0.388. The summed E-state index contributed by atoms with van der Waals surface area (Å²) in [6, 6.07) is 5.73. The fourth-order valence-electron chi connectivity index (χ4n) is 3.08. The van der Waals surface area contributed by atoms with Gasteiger partial charge in [-0.25, -0.2) is 0 Å². The number of aliphatic hydroxyl groups is 1. The van der Waals surface area contributed by atoms with Crippen LogP contribution in [0.5, 0.6) is 5.75 Å². The van der Waals surface area contributed by atoms with Crippen molar-refractivity contribution in [2.24, 2.45) is 5.92 Å². The smallest absolute Gasteiger partial charge is 0.406 e. The van der Waals surface area contributed by atoms with Gasteiger partial charge in [-0.3, -0.25) is 0 Å². The summed E-state index contributed by atoms with van der Waals surface area (Å²) in [5.74, 6) is 0.318. The zero-order valence-electron chi connectivity index (χ0n) is 12.1. The van der Waals surface area contributed by atoms with E-state index < -0.39 is 12.0 Å². The lowest BCUT2D eigenvalue weighted by molar-refractivity contribution is -0.274. The highest BCUT2D eigenvalue weighted by Gasteiger charge is 2.34. The van der Waals surface area contributed by atoms with Crippen molar-refractivity contribution in [1.82, 2.24) is 0 Å². The van der Waals surface area contributed by atoms with E-state index in [-0.39, 0.29) is 5.75 Å². The molecule has 21 heavy (non-hydrogen) atoms. The standard InChI is InChI=1S/C16H21F3O2/c1-2-12-5-4-9-15(20,10-8-12)13-6-3-7-14(11-13)21-16(17,18)19/h3,6-7,11-12,20H,2,4-5,8-10H2,1H3. The second-order valence-electron chi connectivity index (χ2n) is 5.81. The molecule has 1 fully saturated rings.